The lowest BCUT2D eigenvalue weighted by Gasteiger charge is -2.30. The second kappa shape index (κ2) is 8.49. The van der Waals surface area contributed by atoms with E-state index in [0.29, 0.717) is 21.3 Å². The monoisotopic (exact) mass is 512 g/mol. The lowest BCUT2D eigenvalue weighted by Crippen LogP contribution is -2.47. The summed E-state index contributed by atoms with van der Waals surface area (Å²) < 4.78 is 35.9. The van der Waals surface area contributed by atoms with E-state index in [2.05, 4.69) is 0 Å². The Morgan fingerprint density at radius 1 is 0.829 bits per heavy atom. The summed E-state index contributed by atoms with van der Waals surface area (Å²) in [5.41, 5.74) is 12.0. The maximum atomic E-state index is 12.9. The van der Waals surface area contributed by atoms with E-state index in [9.17, 15) is 27.6 Å². The minimum atomic E-state index is -5.00. The Kier molecular flexibility index (Phi) is 6.05. The molecule has 4 aliphatic rings. The summed E-state index contributed by atoms with van der Waals surface area (Å²) in [7, 11) is -5.00. The highest BCUT2D eigenvalue weighted by Gasteiger charge is 2.53. The van der Waals surface area contributed by atoms with Gasteiger partial charge < -0.3 is 21.3 Å². The number of carbonyl (C=O) groups excluding carboxylic acids is 4. The number of nitrogens with zero attached hydrogens (tertiary/aromatic N) is 4. The molecule has 35 heavy (non-hydrogen) atoms. The van der Waals surface area contributed by atoms with Crippen LogP contribution in [0.1, 0.15) is 27.7 Å². The van der Waals surface area contributed by atoms with Crippen molar-refractivity contribution in [1.29, 1.82) is 0 Å². The van der Waals surface area contributed by atoms with Crippen LogP contribution in [0.4, 0.5) is 9.59 Å². The first-order chi connectivity index (χ1) is 16.2. The highest BCUT2D eigenvalue weighted by Crippen LogP contribution is 2.37. The summed E-state index contributed by atoms with van der Waals surface area (Å²) in [4.78, 5) is 51.8. The van der Waals surface area contributed by atoms with Gasteiger partial charge in [0.05, 0.1) is 13.1 Å². The van der Waals surface area contributed by atoms with Crippen molar-refractivity contribution >= 4 is 34.3 Å². The molecule has 2 saturated heterocycles. The average molecular weight is 513 g/mol. The van der Waals surface area contributed by atoms with Crippen molar-refractivity contribution in [3.05, 3.63) is 23.3 Å². The molecule has 0 radical (unpaired) electrons. The van der Waals surface area contributed by atoms with E-state index in [-0.39, 0.29) is 24.9 Å². The van der Waals surface area contributed by atoms with E-state index >= 15 is 0 Å². The first-order valence-electron chi connectivity index (χ1n) is 11.1. The van der Waals surface area contributed by atoms with Crippen molar-refractivity contribution in [3.8, 4) is 0 Å². The van der Waals surface area contributed by atoms with E-state index < -0.39 is 58.4 Å². The van der Waals surface area contributed by atoms with Crippen LogP contribution in [0, 0.1) is 11.8 Å². The molecule has 4 N–H and O–H groups in total. The van der Waals surface area contributed by atoms with Crippen LogP contribution in [-0.4, -0.2) is 89.5 Å². The molecular formula is C20H28N6O8S. The van der Waals surface area contributed by atoms with E-state index in [1.807, 2.05) is 27.7 Å². The first-order valence-corrected chi connectivity index (χ1v) is 12.4. The second-order valence-corrected chi connectivity index (χ2v) is 10.6. The van der Waals surface area contributed by atoms with Gasteiger partial charge in [-0.3, -0.25) is 9.59 Å². The Bertz CT molecular complexity index is 1070. The van der Waals surface area contributed by atoms with Crippen LogP contribution in [0.2, 0.25) is 0 Å². The molecule has 0 saturated carbocycles. The second-order valence-electron chi connectivity index (χ2n) is 9.45. The van der Waals surface area contributed by atoms with Crippen LogP contribution in [0.15, 0.2) is 23.3 Å². The highest BCUT2D eigenvalue weighted by atomic mass is 32.3. The Morgan fingerprint density at radius 3 is 1.46 bits per heavy atom. The van der Waals surface area contributed by atoms with Gasteiger partial charge in [-0.05, 0) is 23.0 Å². The van der Waals surface area contributed by atoms with Crippen molar-refractivity contribution in [2.45, 2.75) is 51.9 Å². The molecule has 4 aliphatic heterocycles. The van der Waals surface area contributed by atoms with Crippen molar-refractivity contribution in [3.63, 3.8) is 0 Å². The Hall–Kier alpha value is -3.17. The predicted octanol–water partition coefficient (Wildman–Crippen LogP) is -0.793. The van der Waals surface area contributed by atoms with Crippen molar-refractivity contribution in [2.75, 3.05) is 13.1 Å². The summed E-state index contributed by atoms with van der Waals surface area (Å²) in [6.07, 6.45) is 3.06. The number of carbonyl (C=O) groups is 4. The Labute approximate surface area is 202 Å². The van der Waals surface area contributed by atoms with Gasteiger partial charge in [-0.25, -0.2) is 9.59 Å². The molecule has 0 aliphatic carbocycles. The number of urea groups is 2. The largest absolute Gasteiger partial charge is 0.442 e. The zero-order chi connectivity index (χ0) is 26.0. The van der Waals surface area contributed by atoms with E-state index in [1.54, 1.807) is 0 Å². The standard InChI is InChI=1S/C20H28N6O8S/c1-9(2)11-5-13(17(21)27)23-7-15(11)25(19(23)29)33-35(31,32)34-26-16-8-24(20(26)30)14(18(22)28)6-12(16)10(3)4/h5-6,9-10,13-16H,7-8H2,1-4H3,(H2,21,27)(H2,22,28). The van der Waals surface area contributed by atoms with Gasteiger partial charge in [0.15, 0.2) is 0 Å². The molecule has 14 nitrogen and oxygen atoms in total. The third-order valence-corrected chi connectivity index (χ3v) is 7.26. The molecule has 192 valence electrons. The molecular weight excluding hydrogens is 484 g/mol. The molecule has 4 heterocycles. The number of fused-ring (bicyclic) bond motifs is 4. The van der Waals surface area contributed by atoms with Gasteiger partial charge in [0, 0.05) is 0 Å². The van der Waals surface area contributed by atoms with Gasteiger partial charge in [-0.2, -0.15) is 18.5 Å². The normalized spacial score (nSPS) is 28.3. The summed E-state index contributed by atoms with van der Waals surface area (Å²) in [5, 5.41) is 1.23. The molecule has 6 amide bonds. The molecule has 0 aromatic carbocycles. The van der Waals surface area contributed by atoms with Gasteiger partial charge in [0.1, 0.15) is 24.2 Å². The summed E-state index contributed by atoms with van der Waals surface area (Å²) in [6, 6.07) is -5.48. The lowest BCUT2D eigenvalue weighted by molar-refractivity contribution is -0.121. The molecule has 4 rings (SSSR count). The minimum absolute atomic E-state index is 0.00839. The van der Waals surface area contributed by atoms with Crippen LogP contribution in [-0.2, 0) is 28.6 Å². The summed E-state index contributed by atoms with van der Waals surface area (Å²) >= 11 is 0. The quantitative estimate of drug-likeness (QED) is 0.396. The molecule has 4 bridgehead atoms. The minimum Gasteiger partial charge on any atom is -0.368 e. The molecule has 4 atom stereocenters. The first kappa shape index (κ1) is 24.9. The third kappa shape index (κ3) is 4.12. The fraction of sp³-hybridized carbons (Fsp3) is 0.600. The zero-order valence-electron chi connectivity index (χ0n) is 19.7. The van der Waals surface area contributed by atoms with Gasteiger partial charge in [0.2, 0.25) is 11.8 Å². The summed E-state index contributed by atoms with van der Waals surface area (Å²) in [6.45, 7) is 7.25. The van der Waals surface area contributed by atoms with Gasteiger partial charge >= 0.3 is 22.5 Å². The predicted molar refractivity (Wildman–Crippen MR) is 118 cm³/mol. The maximum Gasteiger partial charge on any atom is 0.442 e. The SMILES string of the molecule is CC(C)C1=CC(C(N)=O)N2CC1N(OS(=O)(=O)ON1C(=O)N3CC1C(C(C)C)=CC3C(N)=O)C2=O. The van der Waals surface area contributed by atoms with Crippen molar-refractivity contribution < 1.29 is 36.2 Å². The van der Waals surface area contributed by atoms with Crippen LogP contribution < -0.4 is 11.5 Å². The molecule has 0 spiro atoms. The molecule has 4 unspecified atom stereocenters. The molecule has 0 aromatic rings. The van der Waals surface area contributed by atoms with Crippen LogP contribution in [0.5, 0.6) is 0 Å². The fourth-order valence-corrected chi connectivity index (χ4v) is 5.67. The van der Waals surface area contributed by atoms with Crippen molar-refractivity contribution in [1.82, 2.24) is 19.9 Å². The number of nitrogens with two attached hydrogens (primary N) is 2. The number of hydroxylamine groups is 4. The molecule has 15 heteroatoms. The maximum absolute atomic E-state index is 12.9. The topological polar surface area (TPSA) is 186 Å². The Morgan fingerprint density at radius 2 is 1.17 bits per heavy atom. The average Bonchev–Trinajstić information content (AvgIpc) is 3.14. The number of amides is 6. The third-order valence-electron chi connectivity index (χ3n) is 6.58. The fourth-order valence-electron chi connectivity index (χ4n) is 4.91. The number of primary amides is 2. The van der Waals surface area contributed by atoms with Crippen LogP contribution in [0.25, 0.3) is 0 Å². The molecule has 0 aromatic heterocycles. The Balaban J connectivity index is 1.58. The van der Waals surface area contributed by atoms with Crippen molar-refractivity contribution in [2.24, 2.45) is 23.3 Å². The van der Waals surface area contributed by atoms with Gasteiger partial charge in [-0.15, -0.1) is 8.57 Å². The number of hydrogen-bond acceptors (Lipinski definition) is 8. The number of hydrogen-bond donors (Lipinski definition) is 2. The van der Waals surface area contributed by atoms with E-state index in [0.717, 1.165) is 9.80 Å². The lowest BCUT2D eigenvalue weighted by atomic mass is 9.91. The highest BCUT2D eigenvalue weighted by molar-refractivity contribution is 7.81. The van der Waals surface area contributed by atoms with Gasteiger partial charge in [-0.1, -0.05) is 39.8 Å². The summed E-state index contributed by atoms with van der Waals surface area (Å²) in [5.74, 6) is -1.84. The molecule has 2 fully saturated rings. The van der Waals surface area contributed by atoms with Crippen LogP contribution >= 0.6 is 0 Å². The van der Waals surface area contributed by atoms with E-state index in [1.165, 1.54) is 12.2 Å². The zero-order valence-corrected chi connectivity index (χ0v) is 20.5. The van der Waals surface area contributed by atoms with E-state index in [4.69, 9.17) is 20.0 Å². The van der Waals surface area contributed by atoms with Crippen LogP contribution in [0.3, 0.4) is 0 Å². The number of rotatable bonds is 8. The smallest absolute Gasteiger partial charge is 0.368 e. The van der Waals surface area contributed by atoms with Gasteiger partial charge in [0.25, 0.3) is 0 Å².